The van der Waals surface area contributed by atoms with Gasteiger partial charge in [0.2, 0.25) is 0 Å². The number of hydrogen-bond donors (Lipinski definition) is 1. The smallest absolute Gasteiger partial charge is 0.178 e. The van der Waals surface area contributed by atoms with Crippen molar-refractivity contribution in [2.75, 3.05) is 12.3 Å². The van der Waals surface area contributed by atoms with Crippen LogP contribution in [0.25, 0.3) is 0 Å². The molecule has 1 atom stereocenters. The van der Waals surface area contributed by atoms with Gasteiger partial charge in [0.15, 0.2) is 9.84 Å². The zero-order valence-corrected chi connectivity index (χ0v) is 11.5. The van der Waals surface area contributed by atoms with Crippen LogP contribution in [0.3, 0.4) is 0 Å². The SMILES string of the molecule is CCS(=O)(=O)c1ccc(CCNC(C)C#N)cc1. The molecule has 1 aromatic rings. The van der Waals surface area contributed by atoms with E-state index in [4.69, 9.17) is 5.26 Å². The highest BCUT2D eigenvalue weighted by Crippen LogP contribution is 2.12. The fraction of sp³-hybridized carbons (Fsp3) is 0.462. The summed E-state index contributed by atoms with van der Waals surface area (Å²) in [4.78, 5) is 0.368. The Morgan fingerprint density at radius 1 is 1.33 bits per heavy atom. The van der Waals surface area contributed by atoms with Crippen LogP contribution in [0.1, 0.15) is 19.4 Å². The van der Waals surface area contributed by atoms with Gasteiger partial charge in [-0.2, -0.15) is 5.26 Å². The van der Waals surface area contributed by atoms with E-state index in [2.05, 4.69) is 11.4 Å². The van der Waals surface area contributed by atoms with Gasteiger partial charge in [0, 0.05) is 6.54 Å². The highest BCUT2D eigenvalue weighted by molar-refractivity contribution is 7.91. The van der Waals surface area contributed by atoms with E-state index in [0.717, 1.165) is 12.0 Å². The maximum atomic E-state index is 11.6. The molecule has 0 aromatic heterocycles. The first-order chi connectivity index (χ1) is 8.49. The third-order valence-corrected chi connectivity index (χ3v) is 4.47. The van der Waals surface area contributed by atoms with E-state index < -0.39 is 9.84 Å². The van der Waals surface area contributed by atoms with Gasteiger partial charge in [-0.1, -0.05) is 19.1 Å². The van der Waals surface area contributed by atoms with Gasteiger partial charge in [0.05, 0.1) is 22.8 Å². The van der Waals surface area contributed by atoms with E-state index in [1.54, 1.807) is 26.0 Å². The maximum Gasteiger partial charge on any atom is 0.178 e. The molecule has 0 saturated carbocycles. The van der Waals surface area contributed by atoms with Crippen molar-refractivity contribution < 1.29 is 8.42 Å². The lowest BCUT2D eigenvalue weighted by Gasteiger charge is -2.07. The van der Waals surface area contributed by atoms with E-state index in [9.17, 15) is 8.42 Å². The normalized spacial score (nSPS) is 12.9. The van der Waals surface area contributed by atoms with Gasteiger partial charge in [0.1, 0.15) is 0 Å². The van der Waals surface area contributed by atoms with Crippen LogP contribution in [0.2, 0.25) is 0 Å². The fourth-order valence-electron chi connectivity index (χ4n) is 1.51. The van der Waals surface area contributed by atoms with E-state index in [1.165, 1.54) is 0 Å². The van der Waals surface area contributed by atoms with Crippen LogP contribution in [-0.2, 0) is 16.3 Å². The van der Waals surface area contributed by atoms with Gasteiger partial charge < -0.3 is 5.32 Å². The molecule has 0 aliphatic rings. The van der Waals surface area contributed by atoms with Crippen LogP contribution in [0.5, 0.6) is 0 Å². The second-order valence-electron chi connectivity index (χ2n) is 4.10. The lowest BCUT2D eigenvalue weighted by atomic mass is 10.1. The average molecular weight is 266 g/mol. The largest absolute Gasteiger partial charge is 0.302 e. The van der Waals surface area contributed by atoms with Gasteiger partial charge in [-0.15, -0.1) is 0 Å². The molecule has 1 N–H and O–H groups in total. The van der Waals surface area contributed by atoms with E-state index in [1.807, 2.05) is 12.1 Å². The highest BCUT2D eigenvalue weighted by atomic mass is 32.2. The standard InChI is InChI=1S/C13H18N2O2S/c1-3-18(16,17)13-6-4-12(5-7-13)8-9-15-11(2)10-14/h4-7,11,15H,3,8-9H2,1-2H3. The van der Waals surface area contributed by atoms with Crippen molar-refractivity contribution >= 4 is 9.84 Å². The fourth-order valence-corrected chi connectivity index (χ4v) is 2.39. The molecule has 4 nitrogen and oxygen atoms in total. The Balaban J connectivity index is 2.59. The molecule has 0 bridgehead atoms. The Bertz CT molecular complexity index is 515. The highest BCUT2D eigenvalue weighted by Gasteiger charge is 2.10. The lowest BCUT2D eigenvalue weighted by molar-refractivity contribution is 0.597. The zero-order chi connectivity index (χ0) is 13.6. The minimum Gasteiger partial charge on any atom is -0.302 e. The Morgan fingerprint density at radius 3 is 2.44 bits per heavy atom. The Kier molecular flexibility index (Phi) is 5.32. The molecule has 0 aliphatic heterocycles. The van der Waals surface area contributed by atoms with Crippen molar-refractivity contribution in [2.24, 2.45) is 0 Å². The van der Waals surface area contributed by atoms with Crippen molar-refractivity contribution in [3.63, 3.8) is 0 Å². The summed E-state index contributed by atoms with van der Waals surface area (Å²) in [5.74, 6) is 0.119. The van der Waals surface area contributed by atoms with Crippen LogP contribution in [-0.4, -0.2) is 26.8 Å². The van der Waals surface area contributed by atoms with E-state index >= 15 is 0 Å². The third kappa shape index (κ3) is 4.13. The first kappa shape index (κ1) is 14.7. The van der Waals surface area contributed by atoms with Gasteiger partial charge >= 0.3 is 0 Å². The van der Waals surface area contributed by atoms with Crippen molar-refractivity contribution in [1.29, 1.82) is 5.26 Å². The quantitative estimate of drug-likeness (QED) is 0.847. The summed E-state index contributed by atoms with van der Waals surface area (Å²) in [5.41, 5.74) is 1.06. The van der Waals surface area contributed by atoms with Crippen LogP contribution in [0.15, 0.2) is 29.2 Å². The number of nitrogens with one attached hydrogen (secondary N) is 1. The molecule has 0 radical (unpaired) electrons. The third-order valence-electron chi connectivity index (χ3n) is 2.72. The Hall–Kier alpha value is -1.38. The summed E-state index contributed by atoms with van der Waals surface area (Å²) in [6.07, 6.45) is 0.776. The van der Waals surface area contributed by atoms with Crippen molar-refractivity contribution in [2.45, 2.75) is 31.2 Å². The van der Waals surface area contributed by atoms with Gasteiger partial charge in [-0.3, -0.25) is 0 Å². The molecule has 0 fully saturated rings. The first-order valence-electron chi connectivity index (χ1n) is 5.94. The number of sulfone groups is 1. The second kappa shape index (κ2) is 6.53. The average Bonchev–Trinajstić information content (AvgIpc) is 2.39. The Labute approximate surface area is 109 Å². The summed E-state index contributed by atoms with van der Waals surface area (Å²) >= 11 is 0. The van der Waals surface area contributed by atoms with E-state index in [0.29, 0.717) is 11.4 Å². The van der Waals surface area contributed by atoms with Crippen molar-refractivity contribution in [3.05, 3.63) is 29.8 Å². The van der Waals surface area contributed by atoms with Gasteiger partial charge in [0.25, 0.3) is 0 Å². The zero-order valence-electron chi connectivity index (χ0n) is 10.7. The molecule has 0 spiro atoms. The molecular weight excluding hydrogens is 248 g/mol. The molecular formula is C13H18N2O2S. The van der Waals surface area contributed by atoms with Crippen molar-refractivity contribution in [1.82, 2.24) is 5.32 Å². The second-order valence-corrected chi connectivity index (χ2v) is 6.38. The first-order valence-corrected chi connectivity index (χ1v) is 7.59. The van der Waals surface area contributed by atoms with Crippen LogP contribution < -0.4 is 5.32 Å². The molecule has 1 rings (SSSR count). The lowest BCUT2D eigenvalue weighted by Crippen LogP contribution is -2.26. The number of rotatable bonds is 6. The van der Waals surface area contributed by atoms with Crippen LogP contribution in [0.4, 0.5) is 0 Å². The minimum atomic E-state index is -3.11. The predicted molar refractivity (Wildman–Crippen MR) is 71.0 cm³/mol. The molecule has 0 saturated heterocycles. The van der Waals surface area contributed by atoms with Gasteiger partial charge in [-0.05, 0) is 31.0 Å². The number of nitrogens with zero attached hydrogens (tertiary/aromatic N) is 1. The minimum absolute atomic E-state index is 0.119. The Morgan fingerprint density at radius 2 is 1.94 bits per heavy atom. The summed E-state index contributed by atoms with van der Waals surface area (Å²) in [5, 5.41) is 11.7. The van der Waals surface area contributed by atoms with E-state index in [-0.39, 0.29) is 11.8 Å². The topological polar surface area (TPSA) is 70.0 Å². The maximum absolute atomic E-state index is 11.6. The molecule has 0 aliphatic carbocycles. The summed E-state index contributed by atoms with van der Waals surface area (Å²) in [6.45, 7) is 4.14. The molecule has 0 amide bonds. The van der Waals surface area contributed by atoms with Crippen LogP contribution in [0, 0.1) is 11.3 Å². The number of hydrogen-bond acceptors (Lipinski definition) is 4. The van der Waals surface area contributed by atoms with Crippen LogP contribution >= 0.6 is 0 Å². The van der Waals surface area contributed by atoms with Gasteiger partial charge in [-0.25, -0.2) is 8.42 Å². The number of nitriles is 1. The number of benzene rings is 1. The molecule has 1 aromatic carbocycles. The molecule has 1 unspecified atom stereocenters. The van der Waals surface area contributed by atoms with Crippen molar-refractivity contribution in [3.8, 4) is 6.07 Å². The molecule has 98 valence electrons. The summed E-state index contributed by atoms with van der Waals surface area (Å²) < 4.78 is 23.2. The summed E-state index contributed by atoms with van der Waals surface area (Å²) in [7, 11) is -3.11. The molecule has 18 heavy (non-hydrogen) atoms. The molecule has 5 heteroatoms. The summed E-state index contributed by atoms with van der Waals surface area (Å²) in [6, 6.07) is 8.86. The molecule has 0 heterocycles. The monoisotopic (exact) mass is 266 g/mol. The predicted octanol–water partition coefficient (Wildman–Crippen LogP) is 1.52.